The molecule has 3 aromatic rings. The summed E-state index contributed by atoms with van der Waals surface area (Å²) in [7, 11) is 0. The number of halogens is 1. The topological polar surface area (TPSA) is 28.7 Å². The van der Waals surface area contributed by atoms with Crippen LogP contribution in [0.2, 0.25) is 5.15 Å². The van der Waals surface area contributed by atoms with Gasteiger partial charge in [-0.2, -0.15) is 5.26 Å². The van der Waals surface area contributed by atoms with Crippen LogP contribution in [0.1, 0.15) is 22.3 Å². The highest BCUT2D eigenvalue weighted by molar-refractivity contribution is 6.32. The second kappa shape index (κ2) is 5.27. The molecule has 2 nitrogen and oxygen atoms in total. The van der Waals surface area contributed by atoms with Crippen molar-refractivity contribution in [2.75, 3.05) is 0 Å². The Morgan fingerprint density at radius 2 is 1.81 bits per heavy atom. The zero-order chi connectivity index (χ0) is 15.0. The maximum Gasteiger partial charge on any atom is 0.128 e. The number of aryl methyl sites for hydroxylation is 2. The number of aromatic nitrogens is 1. The molecule has 0 radical (unpaired) electrons. The highest BCUT2D eigenvalue weighted by Gasteiger charge is 2.17. The van der Waals surface area contributed by atoms with Gasteiger partial charge >= 0.3 is 0 Å². The summed E-state index contributed by atoms with van der Waals surface area (Å²) >= 11 is 6.47. The van der Waals surface area contributed by atoms with Crippen LogP contribution in [0.4, 0.5) is 0 Å². The lowest BCUT2D eigenvalue weighted by molar-refractivity contribution is 0.833. The minimum atomic E-state index is 0.519. The van der Waals surface area contributed by atoms with Gasteiger partial charge in [0.15, 0.2) is 0 Å². The number of rotatable bonds is 2. The lowest BCUT2D eigenvalue weighted by atomic mass is 10.1. The maximum absolute atomic E-state index is 9.41. The van der Waals surface area contributed by atoms with E-state index in [-0.39, 0.29) is 0 Å². The van der Waals surface area contributed by atoms with Gasteiger partial charge in [0.1, 0.15) is 11.2 Å². The van der Waals surface area contributed by atoms with E-state index in [0.717, 1.165) is 10.9 Å². The summed E-state index contributed by atoms with van der Waals surface area (Å²) in [6.07, 6.45) is 0. The SMILES string of the molecule is Cc1ccc2c(C#N)c(Cl)n(Cc3ccccc3)c2c1C. The largest absolute Gasteiger partial charge is 0.326 e. The van der Waals surface area contributed by atoms with E-state index in [1.54, 1.807) is 0 Å². The number of nitrogens with zero attached hydrogens (tertiary/aromatic N) is 2. The molecule has 2 aromatic carbocycles. The maximum atomic E-state index is 9.41. The van der Waals surface area contributed by atoms with Crippen molar-refractivity contribution in [2.24, 2.45) is 0 Å². The fourth-order valence-electron chi connectivity index (χ4n) is 2.72. The van der Waals surface area contributed by atoms with E-state index in [1.807, 2.05) is 34.9 Å². The van der Waals surface area contributed by atoms with Crippen molar-refractivity contribution >= 4 is 22.5 Å². The summed E-state index contributed by atoms with van der Waals surface area (Å²) in [5.74, 6) is 0. The van der Waals surface area contributed by atoms with E-state index in [0.29, 0.717) is 17.3 Å². The molecule has 0 unspecified atom stereocenters. The van der Waals surface area contributed by atoms with Crippen LogP contribution in [-0.2, 0) is 6.54 Å². The van der Waals surface area contributed by atoms with E-state index in [4.69, 9.17) is 11.6 Å². The molecule has 104 valence electrons. The molecule has 0 aliphatic carbocycles. The summed E-state index contributed by atoms with van der Waals surface area (Å²) in [4.78, 5) is 0. The Morgan fingerprint density at radius 3 is 2.48 bits per heavy atom. The third-order valence-corrected chi connectivity index (χ3v) is 4.37. The van der Waals surface area contributed by atoms with E-state index in [9.17, 15) is 5.26 Å². The molecule has 0 aliphatic rings. The molecule has 3 heteroatoms. The minimum Gasteiger partial charge on any atom is -0.326 e. The van der Waals surface area contributed by atoms with E-state index in [2.05, 4.69) is 32.0 Å². The molecule has 0 aliphatic heterocycles. The Kier molecular flexibility index (Phi) is 3.45. The summed E-state index contributed by atoms with van der Waals surface area (Å²) in [6, 6.07) is 16.4. The molecule has 0 spiro atoms. The highest BCUT2D eigenvalue weighted by Crippen LogP contribution is 2.33. The first-order valence-corrected chi connectivity index (χ1v) is 7.23. The van der Waals surface area contributed by atoms with Crippen molar-refractivity contribution in [1.29, 1.82) is 5.26 Å². The van der Waals surface area contributed by atoms with Crippen LogP contribution >= 0.6 is 11.6 Å². The minimum absolute atomic E-state index is 0.519. The fraction of sp³-hybridized carbons (Fsp3) is 0.167. The number of benzene rings is 2. The van der Waals surface area contributed by atoms with Crippen molar-refractivity contribution in [3.05, 3.63) is 69.9 Å². The predicted molar refractivity (Wildman–Crippen MR) is 86.7 cm³/mol. The molecule has 0 fully saturated rings. The smallest absolute Gasteiger partial charge is 0.128 e. The second-order valence-electron chi connectivity index (χ2n) is 5.25. The van der Waals surface area contributed by atoms with E-state index < -0.39 is 0 Å². The van der Waals surface area contributed by atoms with Crippen LogP contribution in [0.25, 0.3) is 10.9 Å². The van der Waals surface area contributed by atoms with Gasteiger partial charge in [0.05, 0.1) is 11.1 Å². The van der Waals surface area contributed by atoms with Crippen molar-refractivity contribution in [3.63, 3.8) is 0 Å². The summed E-state index contributed by atoms with van der Waals surface area (Å²) < 4.78 is 2.03. The van der Waals surface area contributed by atoms with Crippen molar-refractivity contribution in [2.45, 2.75) is 20.4 Å². The molecular weight excluding hydrogens is 280 g/mol. The summed E-state index contributed by atoms with van der Waals surface area (Å²) in [6.45, 7) is 4.83. The fourth-order valence-corrected chi connectivity index (χ4v) is 3.00. The lowest BCUT2D eigenvalue weighted by Crippen LogP contribution is -2.01. The zero-order valence-corrected chi connectivity index (χ0v) is 12.8. The Morgan fingerprint density at radius 1 is 1.10 bits per heavy atom. The molecule has 1 aromatic heterocycles. The predicted octanol–water partition coefficient (Wildman–Crippen LogP) is 4.83. The third kappa shape index (κ3) is 2.20. The first-order chi connectivity index (χ1) is 10.1. The Labute approximate surface area is 129 Å². The molecule has 0 atom stereocenters. The van der Waals surface area contributed by atoms with Crippen LogP contribution in [-0.4, -0.2) is 4.57 Å². The Balaban J connectivity index is 2.29. The number of nitriles is 1. The average Bonchev–Trinajstić information content (AvgIpc) is 2.77. The van der Waals surface area contributed by atoms with Crippen molar-refractivity contribution in [3.8, 4) is 6.07 Å². The molecule has 0 amide bonds. The van der Waals surface area contributed by atoms with Gasteiger partial charge in [0.2, 0.25) is 0 Å². The van der Waals surface area contributed by atoms with E-state index >= 15 is 0 Å². The number of hydrogen-bond acceptors (Lipinski definition) is 1. The monoisotopic (exact) mass is 294 g/mol. The Bertz CT molecular complexity index is 855. The van der Waals surface area contributed by atoms with Gasteiger partial charge in [-0.15, -0.1) is 0 Å². The molecule has 21 heavy (non-hydrogen) atoms. The summed E-state index contributed by atoms with van der Waals surface area (Å²) in [5.41, 5.74) is 5.16. The average molecular weight is 295 g/mol. The van der Waals surface area contributed by atoms with Crippen LogP contribution in [0.3, 0.4) is 0 Å². The molecule has 0 bridgehead atoms. The van der Waals surface area contributed by atoms with Gasteiger partial charge < -0.3 is 4.57 Å². The van der Waals surface area contributed by atoms with Gasteiger partial charge in [-0.05, 0) is 30.5 Å². The first-order valence-electron chi connectivity index (χ1n) is 6.85. The third-order valence-electron chi connectivity index (χ3n) is 3.98. The normalized spacial score (nSPS) is 10.8. The first kappa shape index (κ1) is 13.7. The molecule has 0 N–H and O–H groups in total. The van der Waals surface area contributed by atoms with Crippen LogP contribution in [0.15, 0.2) is 42.5 Å². The molecular formula is C18H15ClN2. The van der Waals surface area contributed by atoms with Crippen molar-refractivity contribution < 1.29 is 0 Å². The molecule has 3 rings (SSSR count). The quantitative estimate of drug-likeness (QED) is 0.665. The van der Waals surface area contributed by atoms with Crippen LogP contribution < -0.4 is 0 Å². The second-order valence-corrected chi connectivity index (χ2v) is 5.61. The molecule has 1 heterocycles. The van der Waals surface area contributed by atoms with Gasteiger partial charge in [0, 0.05) is 11.9 Å². The van der Waals surface area contributed by atoms with Crippen LogP contribution in [0.5, 0.6) is 0 Å². The van der Waals surface area contributed by atoms with Crippen molar-refractivity contribution in [1.82, 2.24) is 4.57 Å². The summed E-state index contributed by atoms with van der Waals surface area (Å²) in [5, 5.41) is 10.9. The highest BCUT2D eigenvalue weighted by atomic mass is 35.5. The number of hydrogen-bond donors (Lipinski definition) is 0. The standard InChI is InChI=1S/C18H15ClN2/c1-12-8-9-15-16(10-20)18(19)21(17(15)13(12)2)11-14-6-4-3-5-7-14/h3-9H,11H2,1-2H3. The van der Waals surface area contributed by atoms with Gasteiger partial charge in [0.25, 0.3) is 0 Å². The Hall–Kier alpha value is -2.24. The zero-order valence-electron chi connectivity index (χ0n) is 12.0. The number of fused-ring (bicyclic) bond motifs is 1. The van der Waals surface area contributed by atoms with E-state index in [1.165, 1.54) is 16.7 Å². The van der Waals surface area contributed by atoms with Crippen LogP contribution in [0, 0.1) is 25.2 Å². The van der Waals surface area contributed by atoms with Gasteiger partial charge in [-0.1, -0.05) is 54.1 Å². The van der Waals surface area contributed by atoms with Gasteiger partial charge in [-0.3, -0.25) is 0 Å². The van der Waals surface area contributed by atoms with Gasteiger partial charge in [-0.25, -0.2) is 0 Å². The lowest BCUT2D eigenvalue weighted by Gasteiger charge is -2.10. The molecule has 0 saturated heterocycles. The molecule has 0 saturated carbocycles.